The minimum Gasteiger partial charge on any atom is -0.393 e. The van der Waals surface area contributed by atoms with Gasteiger partial charge >= 0.3 is 8.80 Å². The molecule has 5 nitrogen and oxygen atoms in total. The zero-order chi connectivity index (χ0) is 14.4. The Balaban J connectivity index is 5.20. The van der Waals surface area contributed by atoms with Gasteiger partial charge in [0.05, 0.1) is 11.6 Å². The molecule has 0 saturated heterocycles. The minimum atomic E-state index is -2.86. The molecule has 0 aromatic heterocycles. The van der Waals surface area contributed by atoms with E-state index in [1.807, 2.05) is 6.92 Å². The predicted octanol–water partition coefficient (Wildman–Crippen LogP) is 1.38. The molecule has 6 heteroatoms. The molecule has 18 heavy (non-hydrogen) atoms. The van der Waals surface area contributed by atoms with Gasteiger partial charge in [-0.05, 0) is 24.8 Å². The van der Waals surface area contributed by atoms with Crippen LogP contribution < -0.4 is 5.73 Å². The van der Waals surface area contributed by atoms with Crippen LogP contribution in [0.3, 0.4) is 0 Å². The molecule has 0 aromatic rings. The summed E-state index contributed by atoms with van der Waals surface area (Å²) in [6, 6.07) is 0. The molecule has 3 N–H and O–H groups in total. The van der Waals surface area contributed by atoms with Crippen molar-refractivity contribution in [1.29, 1.82) is 0 Å². The fraction of sp³-hybridized carbons (Fsp3) is 1.00. The summed E-state index contributed by atoms with van der Waals surface area (Å²) in [7, 11) is 1.86. The molecular weight excluding hydrogens is 250 g/mol. The molecule has 0 spiro atoms. The largest absolute Gasteiger partial charge is 0.506 e. The molecule has 0 aliphatic rings. The highest BCUT2D eigenvalue weighted by Crippen LogP contribution is 2.39. The summed E-state index contributed by atoms with van der Waals surface area (Å²) in [5, 5.41) is 10.3. The lowest BCUT2D eigenvalue weighted by molar-refractivity contribution is 0.0558. The van der Waals surface area contributed by atoms with Gasteiger partial charge in [0, 0.05) is 21.3 Å². The van der Waals surface area contributed by atoms with Crippen LogP contribution in [0.5, 0.6) is 0 Å². The van der Waals surface area contributed by atoms with Gasteiger partial charge in [0.1, 0.15) is 0 Å². The zero-order valence-corrected chi connectivity index (χ0v) is 13.5. The van der Waals surface area contributed by atoms with Crippen LogP contribution in [0.1, 0.15) is 33.6 Å². The first-order valence-electron chi connectivity index (χ1n) is 6.36. The molecule has 0 bridgehead atoms. The zero-order valence-electron chi connectivity index (χ0n) is 12.5. The fourth-order valence-corrected chi connectivity index (χ4v) is 5.08. The van der Waals surface area contributed by atoms with Crippen molar-refractivity contribution in [2.45, 2.75) is 45.3 Å². The van der Waals surface area contributed by atoms with Crippen LogP contribution in [0, 0.1) is 5.41 Å². The van der Waals surface area contributed by atoms with E-state index in [1.54, 1.807) is 21.3 Å². The summed E-state index contributed by atoms with van der Waals surface area (Å²) in [5.74, 6) is 0. The van der Waals surface area contributed by atoms with Crippen LogP contribution in [0.15, 0.2) is 0 Å². The van der Waals surface area contributed by atoms with E-state index in [1.165, 1.54) is 0 Å². The summed E-state index contributed by atoms with van der Waals surface area (Å²) >= 11 is 0. The van der Waals surface area contributed by atoms with Gasteiger partial charge in [0.2, 0.25) is 0 Å². The molecule has 0 aromatic carbocycles. The van der Waals surface area contributed by atoms with Gasteiger partial charge in [0.15, 0.2) is 0 Å². The Morgan fingerprint density at radius 3 is 1.89 bits per heavy atom. The number of hydrogen-bond donors (Lipinski definition) is 2. The van der Waals surface area contributed by atoms with E-state index in [4.69, 9.17) is 19.0 Å². The van der Waals surface area contributed by atoms with Crippen LogP contribution in [-0.4, -0.2) is 47.9 Å². The molecular formula is C12H29NO4Si. The molecule has 110 valence electrons. The molecule has 2 unspecified atom stereocenters. The van der Waals surface area contributed by atoms with Crippen molar-refractivity contribution in [3.8, 4) is 0 Å². The third-order valence-corrected chi connectivity index (χ3v) is 6.72. The minimum absolute atomic E-state index is 0.0886. The van der Waals surface area contributed by atoms with E-state index in [9.17, 15) is 5.11 Å². The predicted molar refractivity (Wildman–Crippen MR) is 74.3 cm³/mol. The van der Waals surface area contributed by atoms with Gasteiger partial charge in [-0.2, -0.15) is 0 Å². The Labute approximate surface area is 112 Å². The highest BCUT2D eigenvalue weighted by atomic mass is 28.4. The van der Waals surface area contributed by atoms with Gasteiger partial charge in [-0.1, -0.05) is 20.8 Å². The van der Waals surface area contributed by atoms with E-state index in [-0.39, 0.29) is 11.0 Å². The molecule has 0 heterocycles. The topological polar surface area (TPSA) is 73.9 Å². The second kappa shape index (κ2) is 7.57. The Morgan fingerprint density at radius 1 is 1.17 bits per heavy atom. The lowest BCUT2D eigenvalue weighted by Gasteiger charge is -2.39. The van der Waals surface area contributed by atoms with Gasteiger partial charge in [-0.15, -0.1) is 0 Å². The van der Waals surface area contributed by atoms with E-state index in [2.05, 4.69) is 13.8 Å². The van der Waals surface area contributed by atoms with Crippen LogP contribution in [0.4, 0.5) is 0 Å². The van der Waals surface area contributed by atoms with E-state index in [0.717, 1.165) is 0 Å². The summed E-state index contributed by atoms with van der Waals surface area (Å²) < 4.78 is 16.5. The smallest absolute Gasteiger partial charge is 0.393 e. The average molecular weight is 279 g/mol. The molecule has 0 fully saturated rings. The van der Waals surface area contributed by atoms with Gasteiger partial charge < -0.3 is 24.1 Å². The Morgan fingerprint density at radius 2 is 1.61 bits per heavy atom. The van der Waals surface area contributed by atoms with Crippen molar-refractivity contribution in [2.24, 2.45) is 11.1 Å². The quantitative estimate of drug-likeness (QED) is 0.624. The average Bonchev–Trinajstić information content (AvgIpc) is 2.39. The lowest BCUT2D eigenvalue weighted by atomic mass is 9.86. The third kappa shape index (κ3) is 4.29. The number of aliphatic hydroxyl groups is 1. The summed E-state index contributed by atoms with van der Waals surface area (Å²) in [5.41, 5.74) is 5.52. The molecule has 0 aliphatic carbocycles. The van der Waals surface area contributed by atoms with Gasteiger partial charge in [0.25, 0.3) is 0 Å². The molecule has 0 radical (unpaired) electrons. The van der Waals surface area contributed by atoms with Gasteiger partial charge in [-0.25, -0.2) is 0 Å². The van der Waals surface area contributed by atoms with Gasteiger partial charge in [-0.3, -0.25) is 0 Å². The van der Waals surface area contributed by atoms with E-state index in [0.29, 0.717) is 19.4 Å². The van der Waals surface area contributed by atoms with Crippen molar-refractivity contribution in [3.05, 3.63) is 0 Å². The highest BCUT2D eigenvalue weighted by molar-refractivity contribution is 6.62. The molecule has 0 amide bonds. The first kappa shape index (κ1) is 18.0. The second-order valence-corrected chi connectivity index (χ2v) is 8.54. The molecule has 0 aliphatic heterocycles. The van der Waals surface area contributed by atoms with Crippen molar-refractivity contribution < 1.29 is 18.4 Å². The number of aliphatic hydroxyl groups excluding tert-OH is 1. The van der Waals surface area contributed by atoms with Crippen molar-refractivity contribution in [3.63, 3.8) is 0 Å². The summed E-state index contributed by atoms with van der Waals surface area (Å²) in [4.78, 5) is 0. The highest BCUT2D eigenvalue weighted by Gasteiger charge is 2.51. The third-order valence-electron chi connectivity index (χ3n) is 3.52. The Hall–Kier alpha value is 0.0169. The normalized spacial score (nSPS) is 16.7. The maximum absolute atomic E-state index is 10.3. The van der Waals surface area contributed by atoms with E-state index >= 15 is 0 Å². The number of hydrogen-bond acceptors (Lipinski definition) is 5. The monoisotopic (exact) mass is 279 g/mol. The summed E-state index contributed by atoms with van der Waals surface area (Å²) in [6.07, 6.45) is 0.832. The Kier molecular flexibility index (Phi) is 7.58. The van der Waals surface area contributed by atoms with Crippen molar-refractivity contribution in [1.82, 2.24) is 0 Å². The Bertz CT molecular complexity index is 226. The molecule has 0 saturated carbocycles. The maximum atomic E-state index is 10.3. The molecule has 2 atom stereocenters. The fourth-order valence-electron chi connectivity index (χ4n) is 2.16. The number of rotatable bonds is 9. The lowest BCUT2D eigenvalue weighted by Crippen LogP contribution is -2.53. The number of nitrogens with two attached hydrogens (primary N) is 1. The standard InChI is InChI=1S/C12H29NO4Si/c1-7-10(14)11(8-12(2,3)9-13)18(15-4,16-5)17-6/h10-11,14H,7-9,13H2,1-6H3. The maximum Gasteiger partial charge on any atom is 0.506 e. The van der Waals surface area contributed by atoms with Crippen LogP contribution >= 0.6 is 0 Å². The van der Waals surface area contributed by atoms with Crippen molar-refractivity contribution in [2.75, 3.05) is 27.9 Å². The van der Waals surface area contributed by atoms with Crippen LogP contribution in [-0.2, 0) is 13.3 Å². The second-order valence-electron chi connectivity index (χ2n) is 5.37. The van der Waals surface area contributed by atoms with E-state index < -0.39 is 14.9 Å². The first-order chi connectivity index (χ1) is 8.32. The first-order valence-corrected chi connectivity index (χ1v) is 8.16. The molecule has 0 rings (SSSR count). The van der Waals surface area contributed by atoms with Crippen LogP contribution in [0.2, 0.25) is 5.54 Å². The van der Waals surface area contributed by atoms with Crippen molar-refractivity contribution >= 4 is 8.80 Å². The SMILES string of the molecule is CCC(O)C(CC(C)(C)CN)[Si](OC)(OC)OC. The summed E-state index contributed by atoms with van der Waals surface area (Å²) in [6.45, 7) is 6.62. The van der Waals surface area contributed by atoms with Crippen LogP contribution in [0.25, 0.3) is 0 Å².